The van der Waals surface area contributed by atoms with Crippen LogP contribution in [0.1, 0.15) is 16.7 Å². The van der Waals surface area contributed by atoms with E-state index in [-0.39, 0.29) is 5.69 Å². The molecule has 0 bridgehead atoms. The second-order valence-corrected chi connectivity index (χ2v) is 4.93. The van der Waals surface area contributed by atoms with Crippen molar-refractivity contribution in [1.82, 2.24) is 0 Å². The van der Waals surface area contributed by atoms with Gasteiger partial charge >= 0.3 is 5.97 Å². The van der Waals surface area contributed by atoms with E-state index >= 15 is 0 Å². The van der Waals surface area contributed by atoms with Crippen molar-refractivity contribution < 1.29 is 14.5 Å². The predicted octanol–water partition coefficient (Wildman–Crippen LogP) is 3.83. The number of carbonyl (C=O) groups excluding carboxylic acids is 1. The maximum atomic E-state index is 11.8. The SMILES string of the molecule is Cc1cc(C)cc(OC(=O)C=Cc2cccc([N+](=O)[O-])c2)c1. The summed E-state index contributed by atoms with van der Waals surface area (Å²) in [7, 11) is 0. The Labute approximate surface area is 128 Å². The van der Waals surface area contributed by atoms with Crippen LogP contribution in [-0.2, 0) is 4.79 Å². The largest absolute Gasteiger partial charge is 0.423 e. The summed E-state index contributed by atoms with van der Waals surface area (Å²) >= 11 is 0. The molecule has 0 saturated heterocycles. The Kier molecular flexibility index (Phi) is 4.68. The molecule has 2 aromatic carbocycles. The number of nitro groups is 1. The van der Waals surface area contributed by atoms with Crippen LogP contribution in [0.3, 0.4) is 0 Å². The summed E-state index contributed by atoms with van der Waals surface area (Å²) in [6, 6.07) is 11.5. The zero-order chi connectivity index (χ0) is 16.1. The van der Waals surface area contributed by atoms with E-state index in [2.05, 4.69) is 0 Å². The lowest BCUT2D eigenvalue weighted by Crippen LogP contribution is -2.04. The molecule has 5 heteroatoms. The van der Waals surface area contributed by atoms with Crippen molar-refractivity contribution in [3.63, 3.8) is 0 Å². The van der Waals surface area contributed by atoms with Gasteiger partial charge in [0.15, 0.2) is 0 Å². The molecule has 0 heterocycles. The topological polar surface area (TPSA) is 69.4 Å². The summed E-state index contributed by atoms with van der Waals surface area (Å²) in [6.07, 6.45) is 2.73. The molecule has 0 fully saturated rings. The molecule has 0 saturated carbocycles. The molecule has 0 amide bonds. The molecular weight excluding hydrogens is 282 g/mol. The summed E-state index contributed by atoms with van der Waals surface area (Å²) in [5.41, 5.74) is 2.55. The van der Waals surface area contributed by atoms with Crippen molar-refractivity contribution in [3.05, 3.63) is 75.3 Å². The molecule has 0 spiro atoms. The van der Waals surface area contributed by atoms with Gasteiger partial charge in [0.2, 0.25) is 0 Å². The number of benzene rings is 2. The van der Waals surface area contributed by atoms with Gasteiger partial charge in [-0.2, -0.15) is 0 Å². The Balaban J connectivity index is 2.08. The average Bonchev–Trinajstić information content (AvgIpc) is 2.44. The number of carbonyl (C=O) groups is 1. The zero-order valence-corrected chi connectivity index (χ0v) is 12.3. The number of aryl methyl sites for hydroxylation is 2. The molecule has 5 nitrogen and oxygen atoms in total. The van der Waals surface area contributed by atoms with E-state index in [1.54, 1.807) is 24.3 Å². The first-order chi connectivity index (χ1) is 10.4. The molecule has 112 valence electrons. The minimum atomic E-state index is -0.531. The monoisotopic (exact) mass is 297 g/mol. The maximum absolute atomic E-state index is 11.8. The van der Waals surface area contributed by atoms with E-state index in [0.29, 0.717) is 11.3 Å². The van der Waals surface area contributed by atoms with Crippen molar-refractivity contribution in [1.29, 1.82) is 0 Å². The second-order valence-electron chi connectivity index (χ2n) is 4.93. The van der Waals surface area contributed by atoms with E-state index in [4.69, 9.17) is 4.74 Å². The molecule has 0 aliphatic rings. The standard InChI is InChI=1S/C17H15NO4/c1-12-8-13(2)10-16(9-12)22-17(19)7-6-14-4-3-5-15(11-14)18(20)21/h3-11H,1-2H3. The van der Waals surface area contributed by atoms with Gasteiger partial charge in [0, 0.05) is 18.2 Å². The summed E-state index contributed by atoms with van der Waals surface area (Å²) in [6.45, 7) is 3.84. The highest BCUT2D eigenvalue weighted by atomic mass is 16.6. The molecule has 2 aromatic rings. The molecular formula is C17H15NO4. The smallest absolute Gasteiger partial charge is 0.336 e. The van der Waals surface area contributed by atoms with Crippen LogP contribution < -0.4 is 4.74 Å². The lowest BCUT2D eigenvalue weighted by molar-refractivity contribution is -0.384. The normalized spacial score (nSPS) is 10.6. The Morgan fingerprint density at radius 1 is 1.14 bits per heavy atom. The van der Waals surface area contributed by atoms with Crippen molar-refractivity contribution in [2.75, 3.05) is 0 Å². The van der Waals surface area contributed by atoms with Crippen molar-refractivity contribution in [2.24, 2.45) is 0 Å². The molecule has 0 radical (unpaired) electrons. The number of hydrogen-bond acceptors (Lipinski definition) is 4. The summed E-state index contributed by atoms with van der Waals surface area (Å²) in [5, 5.41) is 10.7. The van der Waals surface area contributed by atoms with Crippen molar-refractivity contribution in [2.45, 2.75) is 13.8 Å². The van der Waals surface area contributed by atoms with Gasteiger partial charge < -0.3 is 4.74 Å². The first-order valence-electron chi connectivity index (χ1n) is 6.67. The molecule has 0 atom stereocenters. The van der Waals surface area contributed by atoms with E-state index in [9.17, 15) is 14.9 Å². The van der Waals surface area contributed by atoms with Gasteiger partial charge in [-0.1, -0.05) is 18.2 Å². The van der Waals surface area contributed by atoms with Crippen LogP contribution >= 0.6 is 0 Å². The van der Waals surface area contributed by atoms with Gasteiger partial charge in [0.25, 0.3) is 5.69 Å². The minimum Gasteiger partial charge on any atom is -0.423 e. The van der Waals surface area contributed by atoms with Gasteiger partial charge in [-0.05, 0) is 48.7 Å². The summed E-state index contributed by atoms with van der Waals surface area (Å²) in [4.78, 5) is 22.0. The van der Waals surface area contributed by atoms with Crippen LogP contribution in [-0.4, -0.2) is 10.9 Å². The number of nitro benzene ring substituents is 1. The highest BCUT2D eigenvalue weighted by Gasteiger charge is 2.05. The molecule has 0 aliphatic carbocycles. The number of rotatable bonds is 4. The van der Waals surface area contributed by atoms with Crippen LogP contribution in [0.5, 0.6) is 5.75 Å². The second kappa shape index (κ2) is 6.67. The number of ether oxygens (including phenoxy) is 1. The quantitative estimate of drug-likeness (QED) is 0.283. The first kappa shape index (κ1) is 15.4. The molecule has 22 heavy (non-hydrogen) atoms. The average molecular weight is 297 g/mol. The van der Waals surface area contributed by atoms with E-state index in [0.717, 1.165) is 11.1 Å². The van der Waals surface area contributed by atoms with Gasteiger partial charge in [-0.15, -0.1) is 0 Å². The highest BCUT2D eigenvalue weighted by molar-refractivity contribution is 5.88. The van der Waals surface area contributed by atoms with E-state index < -0.39 is 10.9 Å². The number of esters is 1. The minimum absolute atomic E-state index is 0.0233. The van der Waals surface area contributed by atoms with Gasteiger partial charge in [-0.25, -0.2) is 4.79 Å². The van der Waals surface area contributed by atoms with E-state index in [1.165, 1.54) is 24.3 Å². The third kappa shape index (κ3) is 4.28. The third-order valence-corrected chi connectivity index (χ3v) is 2.91. The van der Waals surface area contributed by atoms with Crippen molar-refractivity contribution in [3.8, 4) is 5.75 Å². The Bertz CT molecular complexity index is 730. The van der Waals surface area contributed by atoms with Gasteiger partial charge in [0.05, 0.1) is 4.92 Å². The summed E-state index contributed by atoms with van der Waals surface area (Å²) < 4.78 is 5.22. The Morgan fingerprint density at radius 2 is 1.82 bits per heavy atom. The first-order valence-corrected chi connectivity index (χ1v) is 6.67. The van der Waals surface area contributed by atoms with E-state index in [1.807, 2.05) is 19.9 Å². The predicted molar refractivity (Wildman–Crippen MR) is 83.7 cm³/mol. The van der Waals surface area contributed by atoms with Gasteiger partial charge in [-0.3, -0.25) is 10.1 Å². The highest BCUT2D eigenvalue weighted by Crippen LogP contribution is 2.17. The molecule has 0 aromatic heterocycles. The van der Waals surface area contributed by atoms with Crippen LogP contribution in [0.15, 0.2) is 48.5 Å². The number of non-ortho nitro benzene ring substituents is 1. The van der Waals surface area contributed by atoms with Crippen molar-refractivity contribution >= 4 is 17.7 Å². The number of hydrogen-bond donors (Lipinski definition) is 0. The molecule has 0 aliphatic heterocycles. The van der Waals surface area contributed by atoms with Crippen LogP contribution in [0.2, 0.25) is 0 Å². The fourth-order valence-corrected chi connectivity index (χ4v) is 2.05. The fourth-order valence-electron chi connectivity index (χ4n) is 2.05. The Hall–Kier alpha value is -2.95. The lowest BCUT2D eigenvalue weighted by atomic mass is 10.1. The molecule has 0 unspecified atom stereocenters. The van der Waals surface area contributed by atoms with Crippen LogP contribution in [0.25, 0.3) is 6.08 Å². The molecule has 0 N–H and O–H groups in total. The Morgan fingerprint density at radius 3 is 2.45 bits per heavy atom. The van der Waals surface area contributed by atoms with Gasteiger partial charge in [0.1, 0.15) is 5.75 Å². The molecule has 2 rings (SSSR count). The lowest BCUT2D eigenvalue weighted by Gasteiger charge is -2.04. The fraction of sp³-hybridized carbons (Fsp3) is 0.118. The number of nitrogens with zero attached hydrogens (tertiary/aromatic N) is 1. The zero-order valence-electron chi connectivity index (χ0n) is 12.3. The van der Waals surface area contributed by atoms with Crippen LogP contribution in [0.4, 0.5) is 5.69 Å². The summed E-state index contributed by atoms with van der Waals surface area (Å²) in [5.74, 6) is -0.0531. The maximum Gasteiger partial charge on any atom is 0.336 e. The van der Waals surface area contributed by atoms with Crippen LogP contribution in [0, 0.1) is 24.0 Å². The third-order valence-electron chi connectivity index (χ3n) is 2.91.